The number of carbonyl (C=O) groups is 1. The van der Waals surface area contributed by atoms with Gasteiger partial charge in [-0.25, -0.2) is 4.39 Å². The first-order valence-corrected chi connectivity index (χ1v) is 6.14. The third-order valence-corrected chi connectivity index (χ3v) is 3.47. The molecule has 0 aliphatic heterocycles. The van der Waals surface area contributed by atoms with Crippen molar-refractivity contribution in [3.8, 4) is 0 Å². The van der Waals surface area contributed by atoms with Gasteiger partial charge in [0.25, 0.3) is 5.91 Å². The molecular weight excluding hydrogens is 217 g/mol. The second kappa shape index (κ2) is 4.86. The van der Waals surface area contributed by atoms with Crippen LogP contribution >= 0.6 is 0 Å². The molecule has 0 saturated heterocycles. The zero-order chi connectivity index (χ0) is 12.4. The molecule has 2 atom stereocenters. The van der Waals surface area contributed by atoms with Gasteiger partial charge in [0.05, 0.1) is 5.56 Å². The summed E-state index contributed by atoms with van der Waals surface area (Å²) in [6.07, 6.45) is 3.14. The summed E-state index contributed by atoms with van der Waals surface area (Å²) in [6.45, 7) is 3.85. The molecule has 1 aliphatic rings. The van der Waals surface area contributed by atoms with E-state index in [0.29, 0.717) is 11.5 Å². The third-order valence-electron chi connectivity index (χ3n) is 3.47. The molecule has 92 valence electrons. The van der Waals surface area contributed by atoms with Gasteiger partial charge in [0.1, 0.15) is 5.82 Å². The minimum Gasteiger partial charge on any atom is -0.349 e. The van der Waals surface area contributed by atoms with Crippen LogP contribution in [0.1, 0.15) is 42.1 Å². The van der Waals surface area contributed by atoms with Crippen LogP contribution in [0.25, 0.3) is 0 Å². The van der Waals surface area contributed by atoms with Gasteiger partial charge in [-0.2, -0.15) is 0 Å². The Morgan fingerprint density at radius 2 is 2.18 bits per heavy atom. The summed E-state index contributed by atoms with van der Waals surface area (Å²) in [7, 11) is 0. The molecule has 0 radical (unpaired) electrons. The Balaban J connectivity index is 2.07. The largest absolute Gasteiger partial charge is 0.349 e. The third kappa shape index (κ3) is 2.65. The Labute approximate surface area is 101 Å². The fourth-order valence-electron chi connectivity index (χ4n) is 2.42. The van der Waals surface area contributed by atoms with E-state index < -0.39 is 5.82 Å². The molecule has 0 heterocycles. The first kappa shape index (κ1) is 12.1. The Morgan fingerprint density at radius 3 is 2.82 bits per heavy atom. The van der Waals surface area contributed by atoms with E-state index in [1.807, 2.05) is 0 Å². The van der Waals surface area contributed by atoms with Crippen molar-refractivity contribution < 1.29 is 9.18 Å². The average molecular weight is 235 g/mol. The Bertz CT molecular complexity index is 430. The standard InChI is InChI=1S/C14H18FNO/c1-9-6-7-11(8-9)16-14(17)12-5-3-4-10(2)13(12)15/h3-5,9,11H,6-8H2,1-2H3,(H,16,17). The van der Waals surface area contributed by atoms with Gasteiger partial charge in [-0.1, -0.05) is 19.1 Å². The summed E-state index contributed by atoms with van der Waals surface area (Å²) >= 11 is 0. The minimum atomic E-state index is -0.406. The molecule has 2 unspecified atom stereocenters. The summed E-state index contributed by atoms with van der Waals surface area (Å²) in [4.78, 5) is 11.9. The highest BCUT2D eigenvalue weighted by atomic mass is 19.1. The van der Waals surface area contributed by atoms with Crippen molar-refractivity contribution in [2.75, 3.05) is 0 Å². The highest BCUT2D eigenvalue weighted by Crippen LogP contribution is 2.25. The van der Waals surface area contributed by atoms with Crippen molar-refractivity contribution in [3.05, 3.63) is 35.1 Å². The van der Waals surface area contributed by atoms with Gasteiger partial charge < -0.3 is 5.32 Å². The van der Waals surface area contributed by atoms with Gasteiger partial charge in [-0.15, -0.1) is 0 Å². The lowest BCUT2D eigenvalue weighted by atomic mass is 10.1. The quantitative estimate of drug-likeness (QED) is 0.838. The van der Waals surface area contributed by atoms with E-state index in [9.17, 15) is 9.18 Å². The SMILES string of the molecule is Cc1cccc(C(=O)NC2CCC(C)C2)c1F. The van der Waals surface area contributed by atoms with Crippen molar-refractivity contribution in [2.24, 2.45) is 5.92 Å². The van der Waals surface area contributed by atoms with Crippen molar-refractivity contribution in [3.63, 3.8) is 0 Å². The number of aryl methyl sites for hydroxylation is 1. The molecule has 1 aromatic rings. The minimum absolute atomic E-state index is 0.157. The second-order valence-electron chi connectivity index (χ2n) is 5.03. The number of amides is 1. The second-order valence-corrected chi connectivity index (χ2v) is 5.03. The van der Waals surface area contributed by atoms with Crippen LogP contribution in [0, 0.1) is 18.7 Å². The number of nitrogens with one attached hydrogen (secondary N) is 1. The molecule has 2 nitrogen and oxygen atoms in total. The summed E-state index contributed by atoms with van der Waals surface area (Å²) in [5.41, 5.74) is 0.669. The predicted octanol–water partition coefficient (Wildman–Crippen LogP) is 3.05. The lowest BCUT2D eigenvalue weighted by Gasteiger charge is -2.13. The molecule has 0 spiro atoms. The highest BCUT2D eigenvalue weighted by molar-refractivity contribution is 5.94. The molecule has 1 fully saturated rings. The maximum atomic E-state index is 13.7. The first-order valence-electron chi connectivity index (χ1n) is 6.14. The molecule has 3 heteroatoms. The number of hydrogen-bond acceptors (Lipinski definition) is 1. The maximum absolute atomic E-state index is 13.7. The zero-order valence-corrected chi connectivity index (χ0v) is 10.3. The normalized spacial score (nSPS) is 23.7. The predicted molar refractivity (Wildman–Crippen MR) is 65.4 cm³/mol. The number of halogens is 1. The van der Waals surface area contributed by atoms with Crippen molar-refractivity contribution in [2.45, 2.75) is 39.2 Å². The summed E-state index contributed by atoms with van der Waals surface area (Å²) in [5, 5.41) is 2.91. The van der Waals surface area contributed by atoms with Gasteiger partial charge in [-0.3, -0.25) is 4.79 Å². The van der Waals surface area contributed by atoms with E-state index in [2.05, 4.69) is 12.2 Å². The maximum Gasteiger partial charge on any atom is 0.254 e. The summed E-state index contributed by atoms with van der Waals surface area (Å²) in [6, 6.07) is 5.13. The average Bonchev–Trinajstić information content (AvgIpc) is 2.68. The van der Waals surface area contributed by atoms with Crippen LogP contribution < -0.4 is 5.32 Å². The molecule has 1 aromatic carbocycles. The van der Waals surface area contributed by atoms with Gasteiger partial charge in [0.15, 0.2) is 0 Å². The Hall–Kier alpha value is -1.38. The van der Waals surface area contributed by atoms with Gasteiger partial charge in [-0.05, 0) is 43.7 Å². The van der Waals surface area contributed by atoms with Crippen LogP contribution in [0.4, 0.5) is 4.39 Å². The Kier molecular flexibility index (Phi) is 3.46. The van der Waals surface area contributed by atoms with Crippen LogP contribution in [0.5, 0.6) is 0 Å². The molecular formula is C14H18FNO. The molecule has 1 aliphatic carbocycles. The van der Waals surface area contributed by atoms with Crippen LogP contribution in [0.3, 0.4) is 0 Å². The topological polar surface area (TPSA) is 29.1 Å². The van der Waals surface area contributed by atoms with Crippen LogP contribution in [0.2, 0.25) is 0 Å². The van der Waals surface area contributed by atoms with E-state index in [1.54, 1.807) is 19.1 Å². The molecule has 0 bridgehead atoms. The van der Waals surface area contributed by atoms with Crippen LogP contribution in [0.15, 0.2) is 18.2 Å². The number of carbonyl (C=O) groups excluding carboxylic acids is 1. The molecule has 1 amide bonds. The van der Waals surface area contributed by atoms with E-state index in [4.69, 9.17) is 0 Å². The number of hydrogen-bond donors (Lipinski definition) is 1. The lowest BCUT2D eigenvalue weighted by molar-refractivity contribution is 0.0933. The summed E-state index contributed by atoms with van der Waals surface area (Å²) < 4.78 is 13.7. The Morgan fingerprint density at radius 1 is 1.41 bits per heavy atom. The van der Waals surface area contributed by atoms with E-state index in [0.717, 1.165) is 19.3 Å². The molecule has 17 heavy (non-hydrogen) atoms. The van der Waals surface area contributed by atoms with Crippen molar-refractivity contribution in [1.82, 2.24) is 5.32 Å². The molecule has 0 aromatic heterocycles. The highest BCUT2D eigenvalue weighted by Gasteiger charge is 2.24. The van der Waals surface area contributed by atoms with Gasteiger partial charge in [0, 0.05) is 6.04 Å². The summed E-state index contributed by atoms with van der Waals surface area (Å²) in [5.74, 6) is -0.0380. The number of benzene rings is 1. The molecule has 1 saturated carbocycles. The molecule has 1 N–H and O–H groups in total. The van der Waals surface area contributed by atoms with E-state index in [1.165, 1.54) is 6.07 Å². The van der Waals surface area contributed by atoms with E-state index >= 15 is 0 Å². The van der Waals surface area contributed by atoms with Gasteiger partial charge in [0.2, 0.25) is 0 Å². The smallest absolute Gasteiger partial charge is 0.254 e. The van der Waals surface area contributed by atoms with Crippen molar-refractivity contribution >= 4 is 5.91 Å². The number of rotatable bonds is 2. The van der Waals surface area contributed by atoms with Crippen molar-refractivity contribution in [1.29, 1.82) is 0 Å². The lowest BCUT2D eigenvalue weighted by Crippen LogP contribution is -2.33. The fourth-order valence-corrected chi connectivity index (χ4v) is 2.42. The van der Waals surface area contributed by atoms with Crippen LogP contribution in [-0.4, -0.2) is 11.9 Å². The van der Waals surface area contributed by atoms with Crippen LogP contribution in [-0.2, 0) is 0 Å². The fraction of sp³-hybridized carbons (Fsp3) is 0.500. The zero-order valence-electron chi connectivity index (χ0n) is 10.3. The van der Waals surface area contributed by atoms with Gasteiger partial charge >= 0.3 is 0 Å². The first-order chi connectivity index (χ1) is 8.08. The van der Waals surface area contributed by atoms with E-state index in [-0.39, 0.29) is 17.5 Å². The monoisotopic (exact) mass is 235 g/mol. The molecule has 2 rings (SSSR count).